The predicted molar refractivity (Wildman–Crippen MR) is 82.9 cm³/mol. The van der Waals surface area contributed by atoms with Gasteiger partial charge >= 0.3 is 0 Å². The Morgan fingerprint density at radius 2 is 1.96 bits per heavy atom. The van der Waals surface area contributed by atoms with E-state index in [0.717, 1.165) is 0 Å². The molecule has 0 aliphatic carbocycles. The van der Waals surface area contributed by atoms with Crippen LogP contribution in [0.1, 0.15) is 28.9 Å². The molecule has 4 N–H and O–H groups in total. The lowest BCUT2D eigenvalue weighted by Gasteiger charge is -2.14. The first kappa shape index (κ1) is 16.4. The standard InChI is InChI=1S/C13H12N4O5S/c1-6(7-2-4-8(5-3-7)17(21)22)14-10(18)9-11(19)15-13(23)16-12(9)20/h2-6H,1H3,(H,14,18)(H3,15,16,19,20,23). The molecule has 1 amide bonds. The van der Waals surface area contributed by atoms with Crippen molar-refractivity contribution in [2.24, 2.45) is 0 Å². The Kier molecular flexibility index (Phi) is 4.55. The average molecular weight is 336 g/mol. The number of aromatic nitrogens is 2. The van der Waals surface area contributed by atoms with Crippen LogP contribution in [0.2, 0.25) is 0 Å². The molecule has 0 spiro atoms. The van der Waals surface area contributed by atoms with Crippen molar-refractivity contribution in [3.05, 3.63) is 60.6 Å². The second-order valence-corrected chi connectivity index (χ2v) is 5.08. The Bertz CT molecular complexity index is 871. The van der Waals surface area contributed by atoms with E-state index >= 15 is 0 Å². The van der Waals surface area contributed by atoms with Crippen LogP contribution in [0.4, 0.5) is 5.69 Å². The zero-order chi connectivity index (χ0) is 17.1. The second-order valence-electron chi connectivity index (χ2n) is 4.68. The van der Waals surface area contributed by atoms with Gasteiger partial charge in [0.15, 0.2) is 10.3 Å². The molecule has 0 aliphatic heterocycles. The number of nitro groups is 1. The monoisotopic (exact) mass is 336 g/mol. The van der Waals surface area contributed by atoms with Gasteiger partial charge in [-0.3, -0.25) is 24.7 Å². The average Bonchev–Trinajstić information content (AvgIpc) is 2.46. The highest BCUT2D eigenvalue weighted by molar-refractivity contribution is 7.71. The molecule has 0 saturated heterocycles. The molecule has 1 heterocycles. The number of hydrogen-bond acceptors (Lipinski definition) is 6. The number of carbonyl (C=O) groups excluding carboxylic acids is 1. The van der Waals surface area contributed by atoms with Gasteiger partial charge in [-0.05, 0) is 24.7 Å². The molecular weight excluding hydrogens is 324 g/mol. The van der Waals surface area contributed by atoms with Gasteiger partial charge in [-0.25, -0.2) is 0 Å². The van der Waals surface area contributed by atoms with E-state index in [4.69, 9.17) is 0 Å². The topological polar surface area (TPSA) is 141 Å². The molecule has 0 aliphatic rings. The number of aromatic amines is 2. The molecule has 23 heavy (non-hydrogen) atoms. The Balaban J connectivity index is 2.21. The number of benzene rings is 1. The molecule has 0 radical (unpaired) electrons. The van der Waals surface area contributed by atoms with Gasteiger partial charge in [-0.15, -0.1) is 0 Å². The lowest BCUT2D eigenvalue weighted by molar-refractivity contribution is -0.384. The normalized spacial score (nSPS) is 11.7. The zero-order valence-corrected chi connectivity index (χ0v) is 12.6. The number of carbonyl (C=O) groups is 1. The highest BCUT2D eigenvalue weighted by atomic mass is 32.1. The number of rotatable bonds is 4. The van der Waals surface area contributed by atoms with E-state index in [0.29, 0.717) is 5.56 Å². The first-order valence-electron chi connectivity index (χ1n) is 6.40. The summed E-state index contributed by atoms with van der Waals surface area (Å²) in [5.41, 5.74) is -0.784. The quantitative estimate of drug-likeness (QED) is 0.379. The minimum Gasteiger partial charge on any atom is -0.494 e. The summed E-state index contributed by atoms with van der Waals surface area (Å²) in [5, 5.41) is 22.8. The molecule has 1 atom stereocenters. The minimum atomic E-state index is -0.820. The van der Waals surface area contributed by atoms with Crippen LogP contribution >= 0.6 is 12.2 Å². The fraction of sp³-hybridized carbons (Fsp3) is 0.154. The van der Waals surface area contributed by atoms with Crippen LogP contribution in [-0.2, 0) is 0 Å². The van der Waals surface area contributed by atoms with Crippen molar-refractivity contribution in [1.82, 2.24) is 15.3 Å². The Morgan fingerprint density at radius 3 is 2.48 bits per heavy atom. The summed E-state index contributed by atoms with van der Waals surface area (Å²) in [6.07, 6.45) is 0. The van der Waals surface area contributed by atoms with E-state index in [2.05, 4.69) is 27.5 Å². The fourth-order valence-electron chi connectivity index (χ4n) is 1.92. The van der Waals surface area contributed by atoms with Gasteiger partial charge in [-0.1, -0.05) is 12.1 Å². The lowest BCUT2D eigenvalue weighted by Crippen LogP contribution is -2.32. The zero-order valence-electron chi connectivity index (χ0n) is 11.8. The fourth-order valence-corrected chi connectivity index (χ4v) is 2.11. The maximum absolute atomic E-state index is 12.1. The van der Waals surface area contributed by atoms with Gasteiger partial charge in [-0.2, -0.15) is 0 Å². The van der Waals surface area contributed by atoms with Crippen LogP contribution in [0.25, 0.3) is 0 Å². The van der Waals surface area contributed by atoms with Gasteiger partial charge in [0.1, 0.15) is 0 Å². The molecule has 2 aromatic rings. The van der Waals surface area contributed by atoms with Crippen LogP contribution in [-0.4, -0.2) is 25.9 Å². The van der Waals surface area contributed by atoms with Gasteiger partial charge in [0.25, 0.3) is 17.2 Å². The number of non-ortho nitro benzene ring substituents is 1. The summed E-state index contributed by atoms with van der Waals surface area (Å²) in [4.78, 5) is 38.4. The number of amides is 1. The summed E-state index contributed by atoms with van der Waals surface area (Å²) >= 11 is 4.67. The smallest absolute Gasteiger partial charge is 0.269 e. The molecule has 1 aromatic carbocycles. The van der Waals surface area contributed by atoms with Crippen LogP contribution in [0, 0.1) is 14.9 Å². The Hall–Kier alpha value is -3.01. The van der Waals surface area contributed by atoms with Gasteiger partial charge < -0.3 is 15.4 Å². The Labute approximate surface area is 134 Å². The van der Waals surface area contributed by atoms with Gasteiger partial charge in [0.05, 0.1) is 11.0 Å². The first-order valence-corrected chi connectivity index (χ1v) is 6.81. The maximum Gasteiger partial charge on any atom is 0.269 e. The number of nitrogens with zero attached hydrogens (tertiary/aromatic N) is 1. The number of H-pyrrole nitrogens is 2. The third-order valence-electron chi connectivity index (χ3n) is 3.10. The maximum atomic E-state index is 12.1. The van der Waals surface area contributed by atoms with Crippen molar-refractivity contribution in [1.29, 1.82) is 0 Å². The van der Waals surface area contributed by atoms with Crippen molar-refractivity contribution < 1.29 is 14.8 Å². The number of nitrogens with one attached hydrogen (secondary N) is 3. The van der Waals surface area contributed by atoms with Crippen molar-refractivity contribution in [2.75, 3.05) is 0 Å². The minimum absolute atomic E-state index is 0.0722. The number of hydrogen-bond donors (Lipinski definition) is 4. The molecular formula is C13H12N4O5S. The lowest BCUT2D eigenvalue weighted by atomic mass is 10.1. The second kappa shape index (κ2) is 6.40. The van der Waals surface area contributed by atoms with Crippen molar-refractivity contribution >= 4 is 23.8 Å². The summed E-state index contributed by atoms with van der Waals surface area (Å²) in [5.74, 6) is -1.44. The summed E-state index contributed by atoms with van der Waals surface area (Å²) in [6.45, 7) is 1.63. The van der Waals surface area contributed by atoms with Crippen LogP contribution < -0.4 is 10.9 Å². The molecule has 2 rings (SSSR count). The van der Waals surface area contributed by atoms with E-state index in [1.165, 1.54) is 24.3 Å². The van der Waals surface area contributed by atoms with Crippen LogP contribution in [0.3, 0.4) is 0 Å². The van der Waals surface area contributed by atoms with Gasteiger partial charge in [0, 0.05) is 12.1 Å². The van der Waals surface area contributed by atoms with E-state index < -0.39 is 33.9 Å². The Morgan fingerprint density at radius 1 is 1.35 bits per heavy atom. The SMILES string of the molecule is CC(NC(=O)c1c(O)[nH]c(=S)[nH]c1=O)c1ccc([N+](=O)[O-])cc1. The molecule has 10 heteroatoms. The van der Waals surface area contributed by atoms with Crippen LogP contribution in [0.5, 0.6) is 5.88 Å². The van der Waals surface area contributed by atoms with Crippen molar-refractivity contribution in [3.63, 3.8) is 0 Å². The van der Waals surface area contributed by atoms with E-state index in [-0.39, 0.29) is 10.5 Å². The summed E-state index contributed by atoms with van der Waals surface area (Å²) < 4.78 is -0.104. The van der Waals surface area contributed by atoms with E-state index in [1.54, 1.807) is 6.92 Å². The molecule has 9 nitrogen and oxygen atoms in total. The highest BCUT2D eigenvalue weighted by Gasteiger charge is 2.19. The van der Waals surface area contributed by atoms with E-state index in [9.17, 15) is 24.8 Å². The van der Waals surface area contributed by atoms with Crippen molar-refractivity contribution in [3.8, 4) is 5.88 Å². The third-order valence-corrected chi connectivity index (χ3v) is 3.31. The summed E-state index contributed by atoms with van der Waals surface area (Å²) in [6, 6.07) is 5.06. The van der Waals surface area contributed by atoms with E-state index in [1.807, 2.05) is 0 Å². The predicted octanol–water partition coefficient (Wildman–Crippen LogP) is 1.54. The molecule has 120 valence electrons. The third kappa shape index (κ3) is 3.61. The van der Waals surface area contributed by atoms with Crippen molar-refractivity contribution in [2.45, 2.75) is 13.0 Å². The number of aromatic hydroxyl groups is 1. The number of nitro benzene ring substituents is 1. The molecule has 0 fully saturated rings. The van der Waals surface area contributed by atoms with Crippen LogP contribution in [0.15, 0.2) is 29.1 Å². The first-order chi connectivity index (χ1) is 10.8. The largest absolute Gasteiger partial charge is 0.494 e. The molecule has 1 unspecified atom stereocenters. The summed E-state index contributed by atoms with van der Waals surface area (Å²) in [7, 11) is 0. The molecule has 0 bridgehead atoms. The highest BCUT2D eigenvalue weighted by Crippen LogP contribution is 2.18. The molecule has 0 saturated carbocycles. The molecule has 1 aromatic heterocycles. The van der Waals surface area contributed by atoms with Gasteiger partial charge in [0.2, 0.25) is 5.88 Å².